The molecule has 0 unspecified atom stereocenters. The molecule has 0 aliphatic carbocycles. The SMILES string of the molecule is Cc1cccc(CC(=O)N2CCN(C)C(=O)C2)c1. The fourth-order valence-electron chi connectivity index (χ4n) is 2.08. The summed E-state index contributed by atoms with van der Waals surface area (Å²) in [5.41, 5.74) is 2.15. The molecule has 1 aromatic rings. The third-order valence-corrected chi connectivity index (χ3v) is 3.25. The topological polar surface area (TPSA) is 40.6 Å². The Kier molecular flexibility index (Phi) is 3.65. The van der Waals surface area contributed by atoms with E-state index in [1.807, 2.05) is 31.2 Å². The van der Waals surface area contributed by atoms with Gasteiger partial charge in [0, 0.05) is 20.1 Å². The molecule has 0 aromatic heterocycles. The van der Waals surface area contributed by atoms with Crippen LogP contribution in [0.15, 0.2) is 24.3 Å². The molecular weight excluding hydrogens is 228 g/mol. The maximum atomic E-state index is 12.1. The molecule has 4 nitrogen and oxygen atoms in total. The van der Waals surface area contributed by atoms with Crippen molar-refractivity contribution in [3.05, 3.63) is 35.4 Å². The number of rotatable bonds is 2. The third kappa shape index (κ3) is 2.88. The van der Waals surface area contributed by atoms with Crippen LogP contribution in [0.4, 0.5) is 0 Å². The zero-order valence-electron chi connectivity index (χ0n) is 10.8. The second-order valence-corrected chi connectivity index (χ2v) is 4.80. The van der Waals surface area contributed by atoms with Crippen LogP contribution < -0.4 is 0 Å². The van der Waals surface area contributed by atoms with Gasteiger partial charge in [0.2, 0.25) is 11.8 Å². The molecule has 1 heterocycles. The number of aryl methyl sites for hydroxylation is 1. The molecule has 0 bridgehead atoms. The zero-order chi connectivity index (χ0) is 13.1. The van der Waals surface area contributed by atoms with Crippen LogP contribution in [0.2, 0.25) is 0 Å². The lowest BCUT2D eigenvalue weighted by Gasteiger charge is -2.32. The Bertz CT molecular complexity index is 471. The van der Waals surface area contributed by atoms with Crippen molar-refractivity contribution in [1.82, 2.24) is 9.80 Å². The predicted octanol–water partition coefficient (Wildman–Crippen LogP) is 0.838. The molecule has 1 fully saturated rings. The van der Waals surface area contributed by atoms with E-state index in [0.29, 0.717) is 19.5 Å². The number of likely N-dealkylation sites (N-methyl/N-ethyl adjacent to an activating group) is 1. The Morgan fingerprint density at radius 2 is 2.11 bits per heavy atom. The molecule has 1 saturated heterocycles. The average Bonchev–Trinajstić information content (AvgIpc) is 2.32. The summed E-state index contributed by atoms with van der Waals surface area (Å²) in [6.07, 6.45) is 0.374. The summed E-state index contributed by atoms with van der Waals surface area (Å²) in [6, 6.07) is 7.92. The van der Waals surface area contributed by atoms with Gasteiger partial charge in [-0.1, -0.05) is 29.8 Å². The lowest BCUT2D eigenvalue weighted by molar-refractivity contribution is -0.143. The van der Waals surface area contributed by atoms with Crippen molar-refractivity contribution in [2.75, 3.05) is 26.7 Å². The quantitative estimate of drug-likeness (QED) is 0.776. The highest BCUT2D eigenvalue weighted by molar-refractivity contribution is 5.86. The van der Waals surface area contributed by atoms with E-state index in [4.69, 9.17) is 0 Å². The van der Waals surface area contributed by atoms with Gasteiger partial charge in [0.05, 0.1) is 13.0 Å². The number of hydrogen-bond acceptors (Lipinski definition) is 2. The fourth-order valence-corrected chi connectivity index (χ4v) is 2.08. The van der Waals surface area contributed by atoms with Crippen molar-refractivity contribution in [1.29, 1.82) is 0 Å². The first kappa shape index (κ1) is 12.6. The number of carbonyl (C=O) groups excluding carboxylic acids is 2. The van der Waals surface area contributed by atoms with Crippen LogP contribution >= 0.6 is 0 Å². The van der Waals surface area contributed by atoms with Gasteiger partial charge >= 0.3 is 0 Å². The minimum Gasteiger partial charge on any atom is -0.342 e. The first-order valence-corrected chi connectivity index (χ1v) is 6.13. The highest BCUT2D eigenvalue weighted by Crippen LogP contribution is 2.08. The summed E-state index contributed by atoms with van der Waals surface area (Å²) < 4.78 is 0. The molecule has 0 spiro atoms. The molecular formula is C14H18N2O2. The van der Waals surface area contributed by atoms with Gasteiger partial charge in [0.15, 0.2) is 0 Å². The maximum absolute atomic E-state index is 12.1. The number of benzene rings is 1. The molecule has 2 rings (SSSR count). The number of piperazine rings is 1. The summed E-state index contributed by atoms with van der Waals surface area (Å²) in [5.74, 6) is 0.0425. The standard InChI is InChI=1S/C14H18N2O2/c1-11-4-3-5-12(8-11)9-13(17)16-7-6-15(2)14(18)10-16/h3-5,8H,6-7,9-10H2,1-2H3. The first-order chi connectivity index (χ1) is 8.56. The Morgan fingerprint density at radius 3 is 2.78 bits per heavy atom. The lowest BCUT2D eigenvalue weighted by atomic mass is 10.1. The van der Waals surface area contributed by atoms with Crippen molar-refractivity contribution >= 4 is 11.8 Å². The molecule has 2 amide bonds. The number of nitrogens with zero attached hydrogens (tertiary/aromatic N) is 2. The van der Waals surface area contributed by atoms with Crippen LogP contribution in [0.1, 0.15) is 11.1 Å². The van der Waals surface area contributed by atoms with Gasteiger partial charge in [-0.05, 0) is 12.5 Å². The Morgan fingerprint density at radius 1 is 1.33 bits per heavy atom. The Labute approximate surface area is 107 Å². The molecule has 96 valence electrons. The van der Waals surface area contributed by atoms with Crippen molar-refractivity contribution in [2.45, 2.75) is 13.3 Å². The fraction of sp³-hybridized carbons (Fsp3) is 0.429. The zero-order valence-corrected chi connectivity index (χ0v) is 10.8. The molecule has 0 N–H and O–H groups in total. The van der Waals surface area contributed by atoms with Crippen LogP contribution in [0, 0.1) is 6.92 Å². The van der Waals surface area contributed by atoms with Gasteiger partial charge < -0.3 is 9.80 Å². The van der Waals surface area contributed by atoms with Gasteiger partial charge in [0.1, 0.15) is 0 Å². The molecule has 1 aromatic carbocycles. The van der Waals surface area contributed by atoms with Crippen LogP contribution in [0.25, 0.3) is 0 Å². The van der Waals surface area contributed by atoms with Crippen LogP contribution in [0.5, 0.6) is 0 Å². The second kappa shape index (κ2) is 5.21. The smallest absolute Gasteiger partial charge is 0.241 e. The second-order valence-electron chi connectivity index (χ2n) is 4.80. The highest BCUT2D eigenvalue weighted by atomic mass is 16.2. The summed E-state index contributed by atoms with van der Waals surface area (Å²) in [7, 11) is 1.77. The molecule has 0 saturated carbocycles. The molecule has 0 radical (unpaired) electrons. The van der Waals surface area contributed by atoms with Gasteiger partial charge in [0.25, 0.3) is 0 Å². The maximum Gasteiger partial charge on any atom is 0.241 e. The van der Waals surface area contributed by atoms with E-state index in [-0.39, 0.29) is 18.4 Å². The van der Waals surface area contributed by atoms with E-state index in [2.05, 4.69) is 0 Å². The molecule has 18 heavy (non-hydrogen) atoms. The normalized spacial score (nSPS) is 16.0. The monoisotopic (exact) mass is 246 g/mol. The minimum atomic E-state index is 0.0128. The summed E-state index contributed by atoms with van der Waals surface area (Å²) in [5, 5.41) is 0. The van der Waals surface area contributed by atoms with Crippen LogP contribution in [-0.2, 0) is 16.0 Å². The Hall–Kier alpha value is -1.84. The van der Waals surface area contributed by atoms with Gasteiger partial charge in [-0.25, -0.2) is 0 Å². The van der Waals surface area contributed by atoms with E-state index < -0.39 is 0 Å². The van der Waals surface area contributed by atoms with Crippen molar-refractivity contribution < 1.29 is 9.59 Å². The summed E-state index contributed by atoms with van der Waals surface area (Å²) >= 11 is 0. The average molecular weight is 246 g/mol. The Balaban J connectivity index is 1.98. The molecule has 1 aliphatic heterocycles. The number of amides is 2. The van der Waals surface area contributed by atoms with E-state index in [9.17, 15) is 9.59 Å². The largest absolute Gasteiger partial charge is 0.342 e. The summed E-state index contributed by atoms with van der Waals surface area (Å²) in [4.78, 5) is 26.9. The van der Waals surface area contributed by atoms with Gasteiger partial charge in [-0.15, -0.1) is 0 Å². The van der Waals surface area contributed by atoms with Crippen LogP contribution in [-0.4, -0.2) is 48.3 Å². The van der Waals surface area contributed by atoms with Crippen LogP contribution in [0.3, 0.4) is 0 Å². The molecule has 4 heteroatoms. The van der Waals surface area contributed by atoms with Gasteiger partial charge in [-0.3, -0.25) is 9.59 Å². The predicted molar refractivity (Wildman–Crippen MR) is 69.1 cm³/mol. The first-order valence-electron chi connectivity index (χ1n) is 6.13. The van der Waals surface area contributed by atoms with E-state index in [1.54, 1.807) is 16.8 Å². The lowest BCUT2D eigenvalue weighted by Crippen LogP contribution is -2.51. The van der Waals surface area contributed by atoms with Crippen molar-refractivity contribution in [3.63, 3.8) is 0 Å². The number of hydrogen-bond donors (Lipinski definition) is 0. The van der Waals surface area contributed by atoms with E-state index >= 15 is 0 Å². The molecule has 0 atom stereocenters. The minimum absolute atomic E-state index is 0.0128. The molecule has 1 aliphatic rings. The van der Waals surface area contributed by atoms with Gasteiger partial charge in [-0.2, -0.15) is 0 Å². The van der Waals surface area contributed by atoms with E-state index in [1.165, 1.54) is 0 Å². The summed E-state index contributed by atoms with van der Waals surface area (Å²) in [6.45, 7) is 3.47. The van der Waals surface area contributed by atoms with E-state index in [0.717, 1.165) is 11.1 Å². The van der Waals surface area contributed by atoms with Crippen molar-refractivity contribution in [3.8, 4) is 0 Å². The highest BCUT2D eigenvalue weighted by Gasteiger charge is 2.24. The third-order valence-electron chi connectivity index (χ3n) is 3.25. The number of carbonyl (C=O) groups is 2. The van der Waals surface area contributed by atoms with Crippen molar-refractivity contribution in [2.24, 2.45) is 0 Å².